The highest BCUT2D eigenvalue weighted by atomic mass is 15.3. The van der Waals surface area contributed by atoms with Crippen LogP contribution in [0.4, 0.5) is 11.5 Å². The Morgan fingerprint density at radius 1 is 1.42 bits per heavy atom. The van der Waals surface area contributed by atoms with Crippen molar-refractivity contribution in [3.63, 3.8) is 0 Å². The van der Waals surface area contributed by atoms with E-state index in [-0.39, 0.29) is 0 Å². The van der Waals surface area contributed by atoms with Crippen LogP contribution in [0.3, 0.4) is 0 Å². The molecule has 1 aliphatic heterocycles. The molecule has 2 rings (SSSR count). The molecule has 1 fully saturated rings. The van der Waals surface area contributed by atoms with Gasteiger partial charge in [-0.05, 0) is 39.3 Å². The van der Waals surface area contributed by atoms with Crippen LogP contribution < -0.4 is 11.1 Å². The van der Waals surface area contributed by atoms with Gasteiger partial charge in [-0.1, -0.05) is 13.8 Å². The Kier molecular flexibility index (Phi) is 4.69. The number of nitrogen functional groups attached to an aromatic ring is 1. The van der Waals surface area contributed by atoms with Crippen molar-refractivity contribution in [1.82, 2.24) is 14.7 Å². The van der Waals surface area contributed by atoms with Gasteiger partial charge in [-0.25, -0.2) is 4.68 Å². The lowest BCUT2D eigenvalue weighted by Gasteiger charge is -2.23. The molecule has 2 heterocycles. The Balaban J connectivity index is 2.02. The molecule has 0 radical (unpaired) electrons. The molecule has 0 saturated carbocycles. The van der Waals surface area contributed by atoms with Gasteiger partial charge in [0.1, 0.15) is 5.82 Å². The molecule has 0 aliphatic carbocycles. The number of anilines is 2. The summed E-state index contributed by atoms with van der Waals surface area (Å²) in [5.41, 5.74) is 7.85. The van der Waals surface area contributed by atoms with Gasteiger partial charge in [0.15, 0.2) is 0 Å². The van der Waals surface area contributed by atoms with Crippen molar-refractivity contribution in [2.75, 3.05) is 30.7 Å². The second kappa shape index (κ2) is 6.28. The normalized spacial score (nSPS) is 20.1. The second-order valence-corrected chi connectivity index (χ2v) is 5.38. The molecule has 3 N–H and O–H groups in total. The van der Waals surface area contributed by atoms with E-state index in [0.29, 0.717) is 6.04 Å². The minimum absolute atomic E-state index is 0.634. The lowest BCUT2D eigenvalue weighted by molar-refractivity contribution is 0.276. The number of likely N-dealkylation sites (tertiary alicyclic amines) is 1. The zero-order valence-corrected chi connectivity index (χ0v) is 12.4. The molecule has 1 unspecified atom stereocenters. The van der Waals surface area contributed by atoms with E-state index >= 15 is 0 Å². The third-order valence-corrected chi connectivity index (χ3v) is 4.02. The molecule has 19 heavy (non-hydrogen) atoms. The fraction of sp³-hybridized carbons (Fsp3) is 0.786. The van der Waals surface area contributed by atoms with E-state index in [1.807, 2.05) is 11.6 Å². The van der Waals surface area contributed by atoms with Crippen LogP contribution in [0.15, 0.2) is 0 Å². The fourth-order valence-corrected chi connectivity index (χ4v) is 2.91. The van der Waals surface area contributed by atoms with E-state index in [1.54, 1.807) is 0 Å². The topological polar surface area (TPSA) is 59.1 Å². The number of aryl methyl sites for hydroxylation is 2. The number of rotatable bonds is 6. The zero-order valence-electron chi connectivity index (χ0n) is 12.4. The van der Waals surface area contributed by atoms with Crippen LogP contribution >= 0.6 is 0 Å². The minimum Gasteiger partial charge on any atom is -0.394 e. The third kappa shape index (κ3) is 3.03. The smallest absolute Gasteiger partial charge is 0.148 e. The molecule has 1 aromatic heterocycles. The highest BCUT2D eigenvalue weighted by Gasteiger charge is 2.23. The molecule has 1 aliphatic rings. The molecule has 0 spiro atoms. The number of nitrogens with two attached hydrogens (primary N) is 1. The average Bonchev–Trinajstić information content (AvgIpc) is 2.95. The third-order valence-electron chi connectivity index (χ3n) is 4.02. The first-order chi connectivity index (χ1) is 9.17. The molecule has 1 saturated heterocycles. The summed E-state index contributed by atoms with van der Waals surface area (Å²) in [7, 11) is 0. The summed E-state index contributed by atoms with van der Waals surface area (Å²) in [5.74, 6) is 1.00. The molecule has 0 bridgehead atoms. The minimum atomic E-state index is 0.634. The highest BCUT2D eigenvalue weighted by Crippen LogP contribution is 2.24. The summed E-state index contributed by atoms with van der Waals surface area (Å²) in [5, 5.41) is 8.03. The van der Waals surface area contributed by atoms with Crippen molar-refractivity contribution in [2.45, 2.75) is 52.6 Å². The lowest BCUT2D eigenvalue weighted by atomic mass is 10.2. The molecule has 108 valence electrons. The van der Waals surface area contributed by atoms with E-state index < -0.39 is 0 Å². The number of hydrogen-bond acceptors (Lipinski definition) is 4. The monoisotopic (exact) mass is 265 g/mol. The van der Waals surface area contributed by atoms with Gasteiger partial charge in [0, 0.05) is 19.1 Å². The first-order valence-electron chi connectivity index (χ1n) is 7.48. The highest BCUT2D eigenvalue weighted by molar-refractivity contribution is 5.64. The second-order valence-electron chi connectivity index (χ2n) is 5.38. The lowest BCUT2D eigenvalue weighted by Crippen LogP contribution is -2.35. The maximum Gasteiger partial charge on any atom is 0.148 e. The first kappa shape index (κ1) is 14.2. The largest absolute Gasteiger partial charge is 0.394 e. The van der Waals surface area contributed by atoms with E-state index in [2.05, 4.69) is 29.2 Å². The summed E-state index contributed by atoms with van der Waals surface area (Å²) in [6.07, 6.45) is 3.66. The predicted molar refractivity (Wildman–Crippen MR) is 80.4 cm³/mol. The van der Waals surface area contributed by atoms with Gasteiger partial charge < -0.3 is 11.1 Å². The van der Waals surface area contributed by atoms with Crippen LogP contribution in [0.5, 0.6) is 0 Å². The van der Waals surface area contributed by atoms with Crippen LogP contribution in [-0.4, -0.2) is 40.4 Å². The number of nitrogens with zero attached hydrogens (tertiary/aromatic N) is 3. The molecule has 5 nitrogen and oxygen atoms in total. The first-order valence-corrected chi connectivity index (χ1v) is 7.48. The fourth-order valence-electron chi connectivity index (χ4n) is 2.91. The Labute approximate surface area is 116 Å². The SMILES string of the molecule is CCCn1nc(C)c(N)c1NCC1CCCN1CC. The van der Waals surface area contributed by atoms with Crippen molar-refractivity contribution in [3.8, 4) is 0 Å². The summed E-state index contributed by atoms with van der Waals surface area (Å²) in [4.78, 5) is 2.54. The Morgan fingerprint density at radius 2 is 2.21 bits per heavy atom. The van der Waals surface area contributed by atoms with E-state index in [4.69, 9.17) is 5.73 Å². The van der Waals surface area contributed by atoms with Gasteiger partial charge in [0.25, 0.3) is 0 Å². The Morgan fingerprint density at radius 3 is 2.89 bits per heavy atom. The quantitative estimate of drug-likeness (QED) is 0.827. The molecule has 5 heteroatoms. The summed E-state index contributed by atoms with van der Waals surface area (Å²) in [6.45, 7) is 10.6. The molecule has 1 atom stereocenters. The van der Waals surface area contributed by atoms with Gasteiger partial charge in [0.05, 0.1) is 11.4 Å². The number of hydrogen-bond donors (Lipinski definition) is 2. The van der Waals surface area contributed by atoms with E-state index in [1.165, 1.54) is 19.4 Å². The van der Waals surface area contributed by atoms with Gasteiger partial charge >= 0.3 is 0 Å². The Bertz CT molecular complexity index is 412. The molecular weight excluding hydrogens is 238 g/mol. The van der Waals surface area contributed by atoms with Gasteiger partial charge in [-0.3, -0.25) is 4.90 Å². The van der Waals surface area contributed by atoms with E-state index in [9.17, 15) is 0 Å². The van der Waals surface area contributed by atoms with Gasteiger partial charge in [-0.15, -0.1) is 0 Å². The molecule has 0 aromatic carbocycles. The van der Waals surface area contributed by atoms with Crippen molar-refractivity contribution < 1.29 is 0 Å². The molecule has 1 aromatic rings. The van der Waals surface area contributed by atoms with Crippen molar-refractivity contribution >= 4 is 11.5 Å². The summed E-state index contributed by atoms with van der Waals surface area (Å²) in [6, 6.07) is 0.634. The van der Waals surface area contributed by atoms with Crippen molar-refractivity contribution in [2.24, 2.45) is 0 Å². The standard InChI is InChI=1S/C14H27N5/c1-4-8-19-14(13(15)11(3)17-19)16-10-12-7-6-9-18(12)5-2/h12,16H,4-10,15H2,1-3H3. The molecule has 0 amide bonds. The molecular formula is C14H27N5. The maximum atomic E-state index is 6.13. The Hall–Kier alpha value is -1.23. The zero-order chi connectivity index (χ0) is 13.8. The van der Waals surface area contributed by atoms with Crippen LogP contribution in [-0.2, 0) is 6.54 Å². The van der Waals surface area contributed by atoms with Crippen LogP contribution in [0.1, 0.15) is 38.8 Å². The van der Waals surface area contributed by atoms with Crippen LogP contribution in [0.2, 0.25) is 0 Å². The maximum absolute atomic E-state index is 6.13. The predicted octanol–water partition coefficient (Wildman–Crippen LogP) is 2.08. The number of nitrogens with one attached hydrogen (secondary N) is 1. The summed E-state index contributed by atoms with van der Waals surface area (Å²) >= 11 is 0. The van der Waals surface area contributed by atoms with E-state index in [0.717, 1.165) is 43.3 Å². The number of aromatic nitrogens is 2. The van der Waals surface area contributed by atoms with Crippen LogP contribution in [0.25, 0.3) is 0 Å². The summed E-state index contributed by atoms with van der Waals surface area (Å²) < 4.78 is 2.01. The average molecular weight is 265 g/mol. The van der Waals surface area contributed by atoms with Crippen molar-refractivity contribution in [1.29, 1.82) is 0 Å². The van der Waals surface area contributed by atoms with Gasteiger partial charge in [0.2, 0.25) is 0 Å². The van der Waals surface area contributed by atoms with Crippen LogP contribution in [0, 0.1) is 6.92 Å². The van der Waals surface area contributed by atoms with Crippen molar-refractivity contribution in [3.05, 3.63) is 5.69 Å². The number of likely N-dealkylation sites (N-methyl/N-ethyl adjacent to an activating group) is 1. The van der Waals surface area contributed by atoms with Gasteiger partial charge in [-0.2, -0.15) is 5.10 Å².